The Hall–Kier alpha value is -4.06. The van der Waals surface area contributed by atoms with Gasteiger partial charge >= 0.3 is 18.1 Å². The maximum absolute atomic E-state index is 12.9. The molecule has 0 aliphatic heterocycles. The Kier molecular flexibility index (Phi) is 5.92. The highest BCUT2D eigenvalue weighted by atomic mass is 19.4. The SMILES string of the molecule is Cn1c(=O)c2c(nc(Oc3cccc(OC(F)(F)F)c3)n2Cc2ccc(CO)cc2)n(C)c1=O. The number of aromatic nitrogens is 4. The molecule has 0 bridgehead atoms. The van der Waals surface area contributed by atoms with Gasteiger partial charge in [-0.2, -0.15) is 4.98 Å². The van der Waals surface area contributed by atoms with Crippen LogP contribution in [0.15, 0.2) is 58.1 Å². The molecule has 2 heterocycles. The molecule has 0 atom stereocenters. The van der Waals surface area contributed by atoms with Gasteiger partial charge in [0.25, 0.3) is 5.56 Å². The highest BCUT2D eigenvalue weighted by Crippen LogP contribution is 2.30. The maximum atomic E-state index is 12.9. The molecule has 4 rings (SSSR count). The van der Waals surface area contributed by atoms with Crippen molar-refractivity contribution in [1.82, 2.24) is 18.7 Å². The molecule has 0 saturated heterocycles. The first-order valence-corrected chi connectivity index (χ1v) is 9.96. The number of fused-ring (bicyclic) bond motifs is 1. The first-order valence-electron chi connectivity index (χ1n) is 9.96. The van der Waals surface area contributed by atoms with Gasteiger partial charge in [-0.3, -0.25) is 18.5 Å². The molecule has 0 spiro atoms. The van der Waals surface area contributed by atoms with Gasteiger partial charge in [-0.05, 0) is 23.3 Å². The standard InChI is InChI=1S/C22H19F3N4O5/c1-27-18-17(19(31)28(2)21(27)32)29(11-13-6-8-14(12-30)9-7-13)20(26-18)33-15-4-3-5-16(10-15)34-22(23,24)25/h3-10,30H,11-12H2,1-2H3. The summed E-state index contributed by atoms with van der Waals surface area (Å²) >= 11 is 0. The average Bonchev–Trinajstić information content (AvgIpc) is 3.13. The maximum Gasteiger partial charge on any atom is 0.573 e. The third kappa shape index (κ3) is 4.53. The lowest BCUT2D eigenvalue weighted by molar-refractivity contribution is -0.274. The Morgan fingerprint density at radius 1 is 0.971 bits per heavy atom. The van der Waals surface area contributed by atoms with Crippen molar-refractivity contribution in [3.63, 3.8) is 0 Å². The van der Waals surface area contributed by atoms with Gasteiger partial charge in [0, 0.05) is 20.2 Å². The van der Waals surface area contributed by atoms with Crippen LogP contribution >= 0.6 is 0 Å². The largest absolute Gasteiger partial charge is 0.573 e. The predicted octanol–water partition coefficient (Wildman–Crippen LogP) is 2.67. The zero-order chi connectivity index (χ0) is 24.6. The fourth-order valence-corrected chi connectivity index (χ4v) is 3.42. The number of hydrogen-bond donors (Lipinski definition) is 1. The molecule has 34 heavy (non-hydrogen) atoms. The van der Waals surface area contributed by atoms with Crippen molar-refractivity contribution in [3.8, 4) is 17.5 Å². The summed E-state index contributed by atoms with van der Waals surface area (Å²) in [4.78, 5) is 29.6. The summed E-state index contributed by atoms with van der Waals surface area (Å²) in [7, 11) is 2.77. The van der Waals surface area contributed by atoms with Crippen LogP contribution in [0.2, 0.25) is 0 Å². The summed E-state index contributed by atoms with van der Waals surface area (Å²) in [6, 6.07) is 11.7. The molecule has 0 radical (unpaired) electrons. The molecule has 0 fully saturated rings. The van der Waals surface area contributed by atoms with Crippen molar-refractivity contribution in [2.75, 3.05) is 0 Å². The molecule has 0 aliphatic carbocycles. The highest BCUT2D eigenvalue weighted by molar-refractivity contribution is 5.72. The van der Waals surface area contributed by atoms with Crippen molar-refractivity contribution < 1.29 is 27.8 Å². The van der Waals surface area contributed by atoms with Crippen LogP contribution in [0.25, 0.3) is 11.2 Å². The molecule has 0 unspecified atom stereocenters. The molecular weight excluding hydrogens is 457 g/mol. The Bertz CT molecular complexity index is 1470. The van der Waals surface area contributed by atoms with Crippen LogP contribution < -0.4 is 20.7 Å². The van der Waals surface area contributed by atoms with Crippen LogP contribution in [-0.2, 0) is 27.2 Å². The van der Waals surface area contributed by atoms with E-state index >= 15 is 0 Å². The van der Waals surface area contributed by atoms with Crippen LogP contribution in [0.4, 0.5) is 13.2 Å². The van der Waals surface area contributed by atoms with Gasteiger partial charge in [-0.25, -0.2) is 4.79 Å². The van der Waals surface area contributed by atoms with E-state index in [-0.39, 0.29) is 36.1 Å². The molecule has 0 amide bonds. The molecule has 4 aromatic rings. The number of alkyl halides is 3. The monoisotopic (exact) mass is 476 g/mol. The number of hydrogen-bond acceptors (Lipinski definition) is 6. The van der Waals surface area contributed by atoms with Gasteiger partial charge in [-0.15, -0.1) is 13.2 Å². The van der Waals surface area contributed by atoms with E-state index in [1.807, 2.05) is 0 Å². The summed E-state index contributed by atoms with van der Waals surface area (Å²) in [5.41, 5.74) is 0.344. The number of aliphatic hydroxyl groups is 1. The fraction of sp³-hybridized carbons (Fsp3) is 0.227. The second-order valence-corrected chi connectivity index (χ2v) is 7.46. The Balaban J connectivity index is 1.84. The van der Waals surface area contributed by atoms with E-state index in [2.05, 4.69) is 9.72 Å². The van der Waals surface area contributed by atoms with Crippen LogP contribution in [0.1, 0.15) is 11.1 Å². The van der Waals surface area contributed by atoms with E-state index in [9.17, 15) is 27.9 Å². The topological polar surface area (TPSA) is 101 Å². The summed E-state index contributed by atoms with van der Waals surface area (Å²) in [5, 5.41) is 9.26. The number of aryl methyl sites for hydroxylation is 1. The fourth-order valence-electron chi connectivity index (χ4n) is 3.42. The quantitative estimate of drug-likeness (QED) is 0.459. The minimum Gasteiger partial charge on any atom is -0.425 e. The lowest BCUT2D eigenvalue weighted by atomic mass is 10.1. The number of nitrogens with zero attached hydrogens (tertiary/aromatic N) is 4. The van der Waals surface area contributed by atoms with Crippen molar-refractivity contribution in [3.05, 3.63) is 80.5 Å². The van der Waals surface area contributed by atoms with E-state index in [0.29, 0.717) is 5.56 Å². The Labute approximate surface area is 189 Å². The first kappa shape index (κ1) is 23.1. The van der Waals surface area contributed by atoms with Gasteiger partial charge in [0.05, 0.1) is 13.2 Å². The van der Waals surface area contributed by atoms with Crippen LogP contribution in [0.5, 0.6) is 17.5 Å². The number of imidazole rings is 1. The molecule has 178 valence electrons. The minimum atomic E-state index is -4.88. The number of rotatable bonds is 6. The first-order chi connectivity index (χ1) is 16.1. The smallest absolute Gasteiger partial charge is 0.425 e. The Morgan fingerprint density at radius 3 is 2.26 bits per heavy atom. The van der Waals surface area contributed by atoms with Gasteiger partial charge in [0.15, 0.2) is 11.2 Å². The number of halogens is 3. The molecule has 0 aliphatic rings. The number of benzene rings is 2. The van der Waals surface area contributed by atoms with E-state index in [0.717, 1.165) is 22.3 Å². The van der Waals surface area contributed by atoms with Crippen LogP contribution in [0, 0.1) is 0 Å². The zero-order valence-corrected chi connectivity index (χ0v) is 18.0. The summed E-state index contributed by atoms with van der Waals surface area (Å²) in [6.07, 6.45) is -4.88. The van der Waals surface area contributed by atoms with Crippen molar-refractivity contribution >= 4 is 11.2 Å². The summed E-state index contributed by atoms with van der Waals surface area (Å²) < 4.78 is 51.0. The van der Waals surface area contributed by atoms with Crippen molar-refractivity contribution in [2.24, 2.45) is 14.1 Å². The molecule has 0 saturated carbocycles. The van der Waals surface area contributed by atoms with Crippen molar-refractivity contribution in [1.29, 1.82) is 0 Å². The lowest BCUT2D eigenvalue weighted by Crippen LogP contribution is -2.37. The van der Waals surface area contributed by atoms with E-state index in [1.165, 1.54) is 35.4 Å². The second kappa shape index (κ2) is 8.71. The summed E-state index contributed by atoms with van der Waals surface area (Å²) in [6.45, 7) is -0.0363. The zero-order valence-electron chi connectivity index (χ0n) is 18.0. The molecule has 2 aromatic heterocycles. The summed E-state index contributed by atoms with van der Waals surface area (Å²) in [5.74, 6) is -0.508. The highest BCUT2D eigenvalue weighted by Gasteiger charge is 2.31. The van der Waals surface area contributed by atoms with Crippen LogP contribution in [-0.4, -0.2) is 30.2 Å². The van der Waals surface area contributed by atoms with Gasteiger partial charge < -0.3 is 14.6 Å². The van der Waals surface area contributed by atoms with E-state index in [4.69, 9.17) is 4.74 Å². The van der Waals surface area contributed by atoms with Crippen molar-refractivity contribution in [2.45, 2.75) is 19.5 Å². The molecule has 12 heteroatoms. The molecular formula is C22H19F3N4O5. The second-order valence-electron chi connectivity index (χ2n) is 7.46. The van der Waals surface area contributed by atoms with Gasteiger partial charge in [0.1, 0.15) is 11.5 Å². The molecule has 1 N–H and O–H groups in total. The third-order valence-corrected chi connectivity index (χ3v) is 5.11. The van der Waals surface area contributed by atoms with Crippen LogP contribution in [0.3, 0.4) is 0 Å². The molecule has 2 aromatic carbocycles. The minimum absolute atomic E-state index is 0.0178. The number of aliphatic hydroxyl groups excluding tert-OH is 1. The average molecular weight is 476 g/mol. The number of ether oxygens (including phenoxy) is 2. The third-order valence-electron chi connectivity index (χ3n) is 5.11. The normalized spacial score (nSPS) is 11.7. The molecule has 9 nitrogen and oxygen atoms in total. The van der Waals surface area contributed by atoms with E-state index in [1.54, 1.807) is 24.3 Å². The predicted molar refractivity (Wildman–Crippen MR) is 115 cm³/mol. The lowest BCUT2D eigenvalue weighted by Gasteiger charge is -2.12. The van der Waals surface area contributed by atoms with Gasteiger partial charge in [0.2, 0.25) is 0 Å². The van der Waals surface area contributed by atoms with Gasteiger partial charge in [-0.1, -0.05) is 30.3 Å². The van der Waals surface area contributed by atoms with E-state index < -0.39 is 23.4 Å². The Morgan fingerprint density at radius 2 is 1.62 bits per heavy atom.